The molecule has 0 saturated heterocycles. The summed E-state index contributed by atoms with van der Waals surface area (Å²) in [6, 6.07) is 9.07. The molecule has 0 aliphatic heterocycles. The van der Waals surface area contributed by atoms with Crippen molar-refractivity contribution in [2.24, 2.45) is 5.92 Å². The summed E-state index contributed by atoms with van der Waals surface area (Å²) in [5.74, 6) is 0.724. The van der Waals surface area contributed by atoms with E-state index in [1.807, 2.05) is 6.08 Å². The lowest BCUT2D eigenvalue weighted by Gasteiger charge is -2.20. The lowest BCUT2D eigenvalue weighted by molar-refractivity contribution is 0.295. The molecule has 0 aliphatic rings. The average Bonchev–Trinajstić information content (AvgIpc) is 2.45. The van der Waals surface area contributed by atoms with Crippen molar-refractivity contribution in [3.05, 3.63) is 48.0 Å². The van der Waals surface area contributed by atoms with Gasteiger partial charge in [-0.25, -0.2) is 0 Å². The molecule has 0 spiro atoms. The number of benzene rings is 1. The van der Waals surface area contributed by atoms with Crippen molar-refractivity contribution in [1.29, 1.82) is 0 Å². The van der Waals surface area contributed by atoms with E-state index in [1.54, 1.807) is 0 Å². The maximum Gasteiger partial charge on any atom is 0.0237 e. The molecule has 2 heteroatoms. The van der Waals surface area contributed by atoms with Gasteiger partial charge < -0.3 is 5.32 Å². The minimum atomic E-state index is 0.724. The van der Waals surface area contributed by atoms with Gasteiger partial charge >= 0.3 is 0 Å². The van der Waals surface area contributed by atoms with Crippen molar-refractivity contribution in [3.63, 3.8) is 0 Å². The Hall–Kier alpha value is -1.12. The van der Waals surface area contributed by atoms with E-state index in [2.05, 4.69) is 61.8 Å². The maximum absolute atomic E-state index is 3.84. The van der Waals surface area contributed by atoms with Gasteiger partial charge in [-0.15, -0.1) is 6.58 Å². The van der Waals surface area contributed by atoms with Crippen molar-refractivity contribution < 1.29 is 0 Å². The van der Waals surface area contributed by atoms with Crippen molar-refractivity contribution in [1.82, 2.24) is 10.2 Å². The van der Waals surface area contributed by atoms with E-state index in [4.69, 9.17) is 0 Å². The highest BCUT2D eigenvalue weighted by Crippen LogP contribution is 2.08. The number of hydrogen-bond acceptors (Lipinski definition) is 2. The van der Waals surface area contributed by atoms with Crippen molar-refractivity contribution in [2.75, 3.05) is 26.2 Å². The van der Waals surface area contributed by atoms with Gasteiger partial charge in [0.05, 0.1) is 0 Å². The van der Waals surface area contributed by atoms with Gasteiger partial charge in [0, 0.05) is 13.1 Å². The fourth-order valence-electron chi connectivity index (χ4n) is 2.43. The molecule has 21 heavy (non-hydrogen) atoms. The van der Waals surface area contributed by atoms with Gasteiger partial charge in [-0.05, 0) is 49.5 Å². The van der Waals surface area contributed by atoms with Crippen molar-refractivity contribution in [3.8, 4) is 0 Å². The van der Waals surface area contributed by atoms with E-state index in [-0.39, 0.29) is 0 Å². The Morgan fingerprint density at radius 3 is 2.43 bits per heavy atom. The third kappa shape index (κ3) is 8.03. The van der Waals surface area contributed by atoms with Crippen LogP contribution in [0.2, 0.25) is 0 Å². The van der Waals surface area contributed by atoms with Crippen LogP contribution in [0.5, 0.6) is 0 Å². The van der Waals surface area contributed by atoms with Crippen LogP contribution in [0.25, 0.3) is 0 Å². The zero-order chi connectivity index (χ0) is 15.5. The maximum atomic E-state index is 3.84. The van der Waals surface area contributed by atoms with Gasteiger partial charge in [-0.1, -0.05) is 51.1 Å². The molecule has 0 aliphatic carbocycles. The molecule has 1 N–H and O–H groups in total. The Morgan fingerprint density at radius 2 is 1.86 bits per heavy atom. The first kappa shape index (κ1) is 17.9. The predicted molar refractivity (Wildman–Crippen MR) is 93.6 cm³/mol. The van der Waals surface area contributed by atoms with Gasteiger partial charge in [0.25, 0.3) is 0 Å². The fourth-order valence-corrected chi connectivity index (χ4v) is 2.43. The molecule has 0 heterocycles. The zero-order valence-electron chi connectivity index (χ0n) is 14.1. The summed E-state index contributed by atoms with van der Waals surface area (Å²) in [6.45, 7) is 15.8. The molecule has 118 valence electrons. The molecule has 1 aromatic carbocycles. The van der Waals surface area contributed by atoms with Crippen LogP contribution in [0.1, 0.15) is 38.3 Å². The van der Waals surface area contributed by atoms with Crippen LogP contribution in [-0.2, 0) is 13.0 Å². The molecule has 0 radical (unpaired) electrons. The number of rotatable bonds is 11. The third-order valence-corrected chi connectivity index (χ3v) is 3.50. The molecule has 0 atom stereocenters. The highest BCUT2D eigenvalue weighted by molar-refractivity contribution is 5.22. The first-order valence-electron chi connectivity index (χ1n) is 8.27. The predicted octanol–water partition coefficient (Wildman–Crippen LogP) is 3.87. The Kier molecular flexibility index (Phi) is 9.04. The Labute approximate surface area is 131 Å². The molecule has 0 unspecified atom stereocenters. The summed E-state index contributed by atoms with van der Waals surface area (Å²) in [6.07, 6.45) is 4.29. The molecule has 1 rings (SSSR count). The SMILES string of the molecule is C=CCN(CCC)Cc1ccc(CCNCC(C)C)cc1. The van der Waals surface area contributed by atoms with E-state index >= 15 is 0 Å². The standard InChI is InChI=1S/C19H32N2/c1-5-13-21(14-6-2)16-19-9-7-18(8-10-19)11-12-20-15-17(3)4/h5,7-10,17,20H,1,6,11-16H2,2-4H3. The first-order chi connectivity index (χ1) is 10.2. The third-order valence-electron chi connectivity index (χ3n) is 3.50. The minimum Gasteiger partial charge on any atom is -0.316 e. The normalized spacial score (nSPS) is 11.3. The minimum absolute atomic E-state index is 0.724. The summed E-state index contributed by atoms with van der Waals surface area (Å²) >= 11 is 0. The molecular weight excluding hydrogens is 256 g/mol. The second-order valence-corrected chi connectivity index (χ2v) is 6.19. The quantitative estimate of drug-likeness (QED) is 0.491. The van der Waals surface area contributed by atoms with Gasteiger partial charge in [-0.2, -0.15) is 0 Å². The van der Waals surface area contributed by atoms with Crippen LogP contribution in [0.4, 0.5) is 0 Å². The Bertz CT molecular complexity index is 381. The lowest BCUT2D eigenvalue weighted by Crippen LogP contribution is -2.24. The van der Waals surface area contributed by atoms with Gasteiger partial charge in [-0.3, -0.25) is 4.90 Å². The molecule has 0 aromatic heterocycles. The summed E-state index contributed by atoms with van der Waals surface area (Å²) < 4.78 is 0. The summed E-state index contributed by atoms with van der Waals surface area (Å²) in [5, 5.41) is 3.49. The van der Waals surface area contributed by atoms with Crippen molar-refractivity contribution >= 4 is 0 Å². The van der Waals surface area contributed by atoms with E-state index in [0.29, 0.717) is 0 Å². The Balaban J connectivity index is 2.40. The van der Waals surface area contributed by atoms with Gasteiger partial charge in [0.2, 0.25) is 0 Å². The van der Waals surface area contributed by atoms with Crippen LogP contribution >= 0.6 is 0 Å². The van der Waals surface area contributed by atoms with Crippen molar-refractivity contribution in [2.45, 2.75) is 40.2 Å². The lowest BCUT2D eigenvalue weighted by atomic mass is 10.1. The van der Waals surface area contributed by atoms with Crippen LogP contribution in [-0.4, -0.2) is 31.1 Å². The van der Waals surface area contributed by atoms with Gasteiger partial charge in [0.15, 0.2) is 0 Å². The molecule has 2 nitrogen and oxygen atoms in total. The smallest absolute Gasteiger partial charge is 0.0237 e. The van der Waals surface area contributed by atoms with Crippen LogP contribution in [0.3, 0.4) is 0 Å². The highest BCUT2D eigenvalue weighted by atomic mass is 15.1. The van der Waals surface area contributed by atoms with E-state index < -0.39 is 0 Å². The summed E-state index contributed by atoms with van der Waals surface area (Å²) in [7, 11) is 0. The number of nitrogens with one attached hydrogen (secondary N) is 1. The van der Waals surface area contributed by atoms with E-state index in [9.17, 15) is 0 Å². The topological polar surface area (TPSA) is 15.3 Å². The van der Waals surface area contributed by atoms with Crippen LogP contribution in [0, 0.1) is 5.92 Å². The van der Waals surface area contributed by atoms with Crippen LogP contribution in [0.15, 0.2) is 36.9 Å². The summed E-state index contributed by atoms with van der Waals surface area (Å²) in [4.78, 5) is 2.44. The van der Waals surface area contributed by atoms with Crippen LogP contribution < -0.4 is 5.32 Å². The summed E-state index contributed by atoms with van der Waals surface area (Å²) in [5.41, 5.74) is 2.81. The van der Waals surface area contributed by atoms with Gasteiger partial charge in [0.1, 0.15) is 0 Å². The highest BCUT2D eigenvalue weighted by Gasteiger charge is 2.03. The van der Waals surface area contributed by atoms with E-state index in [1.165, 1.54) is 17.5 Å². The fraction of sp³-hybridized carbons (Fsp3) is 0.579. The largest absolute Gasteiger partial charge is 0.316 e. The number of hydrogen-bond donors (Lipinski definition) is 1. The van der Waals surface area contributed by atoms with E-state index in [0.717, 1.165) is 45.1 Å². The molecule has 1 aromatic rings. The first-order valence-corrected chi connectivity index (χ1v) is 8.27. The second kappa shape index (κ2) is 10.6. The molecule has 0 fully saturated rings. The Morgan fingerprint density at radius 1 is 1.19 bits per heavy atom. The zero-order valence-corrected chi connectivity index (χ0v) is 14.1. The number of nitrogens with zero attached hydrogens (tertiary/aromatic N) is 1. The molecule has 0 amide bonds. The molecule has 0 bridgehead atoms. The second-order valence-electron chi connectivity index (χ2n) is 6.19. The monoisotopic (exact) mass is 288 g/mol. The molecule has 0 saturated carbocycles. The molecular formula is C19H32N2. The average molecular weight is 288 g/mol.